The summed E-state index contributed by atoms with van der Waals surface area (Å²) in [5, 5.41) is 22.7. The molecule has 0 rings (SSSR count). The molecule has 0 aliphatic rings. The van der Waals surface area contributed by atoms with Gasteiger partial charge in [0.1, 0.15) is 0 Å². The topological polar surface area (TPSA) is 69.6 Å². The smallest absolute Gasteiger partial charge is 0.220 e. The quantitative estimate of drug-likeness (QED) is 0.0750. The van der Waals surface area contributed by atoms with E-state index in [1.807, 2.05) is 6.08 Å². The minimum atomic E-state index is -0.860. The maximum atomic E-state index is 12.2. The summed E-state index contributed by atoms with van der Waals surface area (Å²) in [6, 6.07) is -0.638. The second kappa shape index (κ2) is 29.2. The van der Waals surface area contributed by atoms with Crippen molar-refractivity contribution in [1.29, 1.82) is 0 Å². The van der Waals surface area contributed by atoms with Crippen LogP contribution in [0.15, 0.2) is 36.5 Å². The molecule has 0 aliphatic carbocycles. The first-order valence-corrected chi connectivity index (χ1v) is 15.7. The summed E-state index contributed by atoms with van der Waals surface area (Å²) in [4.78, 5) is 12.2. The van der Waals surface area contributed by atoms with Crippen molar-refractivity contribution >= 4 is 5.91 Å². The monoisotopic (exact) mass is 519 g/mol. The van der Waals surface area contributed by atoms with Gasteiger partial charge in [0.2, 0.25) is 5.91 Å². The molecule has 0 saturated heterocycles. The standard InChI is InChI=1S/C33H61NO3/c1-3-5-7-9-11-13-15-16-17-18-19-20-22-24-26-28-32(36)31(30-35)34-33(37)29-27-25-23-21-14-12-10-8-6-4-2/h8,10,19-20,26,28,31-32,35-36H,3-7,9,11-18,21-25,27,29-30H2,1-2H3,(H,34,37)/b10-8-,20-19+,28-26+. The molecule has 2 unspecified atom stereocenters. The highest BCUT2D eigenvalue weighted by Crippen LogP contribution is 2.11. The SMILES string of the molecule is CCC/C=C\CCCCCCCC(=O)NC(CO)C(O)/C=C/CC/C=C/CCCCCCCCCCC. The molecule has 4 nitrogen and oxygen atoms in total. The number of rotatable bonds is 27. The normalized spacial score (nSPS) is 13.7. The molecule has 0 radical (unpaired) electrons. The molecule has 3 N–H and O–H groups in total. The number of aliphatic hydroxyl groups is 2. The van der Waals surface area contributed by atoms with Crippen LogP contribution in [0, 0.1) is 0 Å². The Morgan fingerprint density at radius 3 is 1.68 bits per heavy atom. The number of aliphatic hydroxyl groups excluding tert-OH is 2. The van der Waals surface area contributed by atoms with Crippen LogP contribution in [-0.4, -0.2) is 34.9 Å². The van der Waals surface area contributed by atoms with Crippen molar-refractivity contribution in [2.45, 2.75) is 161 Å². The van der Waals surface area contributed by atoms with E-state index in [0.29, 0.717) is 6.42 Å². The Morgan fingerprint density at radius 2 is 1.11 bits per heavy atom. The van der Waals surface area contributed by atoms with Crippen molar-refractivity contribution in [3.63, 3.8) is 0 Å². The van der Waals surface area contributed by atoms with Gasteiger partial charge in [-0.3, -0.25) is 4.79 Å². The first-order valence-electron chi connectivity index (χ1n) is 15.7. The lowest BCUT2D eigenvalue weighted by Gasteiger charge is -2.19. The van der Waals surface area contributed by atoms with E-state index < -0.39 is 12.1 Å². The van der Waals surface area contributed by atoms with E-state index in [0.717, 1.165) is 44.9 Å². The number of hydrogen-bond donors (Lipinski definition) is 3. The highest BCUT2D eigenvalue weighted by atomic mass is 16.3. The van der Waals surface area contributed by atoms with E-state index in [2.05, 4.69) is 43.5 Å². The van der Waals surface area contributed by atoms with Gasteiger partial charge in [-0.25, -0.2) is 0 Å². The zero-order chi connectivity index (χ0) is 27.2. The average Bonchev–Trinajstić information content (AvgIpc) is 2.90. The molecule has 2 atom stereocenters. The average molecular weight is 520 g/mol. The molecule has 4 heteroatoms. The van der Waals surface area contributed by atoms with E-state index in [9.17, 15) is 15.0 Å². The third kappa shape index (κ3) is 26.0. The Bertz CT molecular complexity index is 570. The maximum absolute atomic E-state index is 12.2. The fourth-order valence-electron chi connectivity index (χ4n) is 4.37. The van der Waals surface area contributed by atoms with Crippen molar-refractivity contribution in [3.05, 3.63) is 36.5 Å². The van der Waals surface area contributed by atoms with Gasteiger partial charge in [0, 0.05) is 6.42 Å². The summed E-state index contributed by atoms with van der Waals surface area (Å²) in [6.45, 7) is 4.20. The lowest BCUT2D eigenvalue weighted by molar-refractivity contribution is -0.123. The molecule has 0 aromatic heterocycles. The van der Waals surface area contributed by atoms with Crippen LogP contribution in [0.3, 0.4) is 0 Å². The second-order valence-electron chi connectivity index (χ2n) is 10.5. The van der Waals surface area contributed by atoms with Crippen LogP contribution >= 0.6 is 0 Å². The highest BCUT2D eigenvalue weighted by Gasteiger charge is 2.17. The van der Waals surface area contributed by atoms with Crippen LogP contribution in [0.2, 0.25) is 0 Å². The zero-order valence-corrected chi connectivity index (χ0v) is 24.5. The van der Waals surface area contributed by atoms with Crippen molar-refractivity contribution in [3.8, 4) is 0 Å². The van der Waals surface area contributed by atoms with Gasteiger partial charge in [-0.1, -0.05) is 127 Å². The highest BCUT2D eigenvalue weighted by molar-refractivity contribution is 5.76. The first-order chi connectivity index (χ1) is 18.2. The summed E-state index contributed by atoms with van der Waals surface area (Å²) < 4.78 is 0. The molecule has 1 amide bonds. The van der Waals surface area contributed by atoms with Gasteiger partial charge < -0.3 is 15.5 Å². The van der Waals surface area contributed by atoms with E-state index in [1.54, 1.807) is 6.08 Å². The molecule has 0 aliphatic heterocycles. The van der Waals surface area contributed by atoms with Gasteiger partial charge in [0.15, 0.2) is 0 Å². The van der Waals surface area contributed by atoms with Gasteiger partial charge >= 0.3 is 0 Å². The number of nitrogens with one attached hydrogen (secondary N) is 1. The van der Waals surface area contributed by atoms with Gasteiger partial charge in [0.25, 0.3) is 0 Å². The minimum Gasteiger partial charge on any atom is -0.394 e. The number of carbonyl (C=O) groups excluding carboxylic acids is 1. The maximum Gasteiger partial charge on any atom is 0.220 e. The summed E-state index contributed by atoms with van der Waals surface area (Å²) in [5.74, 6) is -0.0894. The van der Waals surface area contributed by atoms with Crippen molar-refractivity contribution in [2.75, 3.05) is 6.61 Å². The molecule has 216 valence electrons. The van der Waals surface area contributed by atoms with Crippen LogP contribution in [0.4, 0.5) is 0 Å². The molecule has 0 aromatic carbocycles. The summed E-state index contributed by atoms with van der Waals surface area (Å²) in [5.41, 5.74) is 0. The lowest BCUT2D eigenvalue weighted by Crippen LogP contribution is -2.45. The van der Waals surface area contributed by atoms with E-state index in [4.69, 9.17) is 0 Å². The summed E-state index contributed by atoms with van der Waals surface area (Å²) in [7, 11) is 0. The Labute approximate surface area is 230 Å². The lowest BCUT2D eigenvalue weighted by atomic mass is 10.1. The summed E-state index contributed by atoms with van der Waals surface area (Å²) >= 11 is 0. The molecule has 0 fully saturated rings. The third-order valence-electron chi connectivity index (χ3n) is 6.83. The largest absolute Gasteiger partial charge is 0.394 e. The Kier molecular flexibility index (Phi) is 28.1. The van der Waals surface area contributed by atoms with Crippen LogP contribution in [0.25, 0.3) is 0 Å². The van der Waals surface area contributed by atoms with Gasteiger partial charge in [-0.05, 0) is 51.4 Å². The van der Waals surface area contributed by atoms with Gasteiger partial charge in [0.05, 0.1) is 18.8 Å². The first kappa shape index (κ1) is 35.6. The van der Waals surface area contributed by atoms with Crippen molar-refractivity contribution in [2.24, 2.45) is 0 Å². The predicted octanol–water partition coefficient (Wildman–Crippen LogP) is 8.72. The fourth-order valence-corrected chi connectivity index (χ4v) is 4.37. The Hall–Kier alpha value is -1.39. The molecule has 0 spiro atoms. The third-order valence-corrected chi connectivity index (χ3v) is 6.83. The van der Waals surface area contributed by atoms with Crippen molar-refractivity contribution in [1.82, 2.24) is 5.32 Å². The number of hydrogen-bond acceptors (Lipinski definition) is 3. The second-order valence-corrected chi connectivity index (χ2v) is 10.5. The molecule has 0 saturated carbocycles. The molecular weight excluding hydrogens is 458 g/mol. The molecule has 0 heterocycles. The summed E-state index contributed by atoms with van der Waals surface area (Å²) in [6.07, 6.45) is 36.5. The fraction of sp³-hybridized carbons (Fsp3) is 0.788. The Balaban J connectivity index is 3.75. The van der Waals surface area contributed by atoms with Crippen LogP contribution in [0.5, 0.6) is 0 Å². The number of allylic oxidation sites excluding steroid dienone is 5. The van der Waals surface area contributed by atoms with E-state index >= 15 is 0 Å². The molecule has 0 aromatic rings. The molecule has 37 heavy (non-hydrogen) atoms. The minimum absolute atomic E-state index is 0.0894. The molecule has 0 bridgehead atoms. The van der Waals surface area contributed by atoms with Crippen LogP contribution in [0.1, 0.15) is 149 Å². The number of amides is 1. The van der Waals surface area contributed by atoms with Crippen LogP contribution in [-0.2, 0) is 4.79 Å². The van der Waals surface area contributed by atoms with Crippen LogP contribution < -0.4 is 5.32 Å². The zero-order valence-electron chi connectivity index (χ0n) is 24.5. The van der Waals surface area contributed by atoms with E-state index in [-0.39, 0.29) is 12.5 Å². The van der Waals surface area contributed by atoms with E-state index in [1.165, 1.54) is 83.5 Å². The van der Waals surface area contributed by atoms with Gasteiger partial charge in [-0.15, -0.1) is 0 Å². The number of unbranched alkanes of at least 4 members (excludes halogenated alkanes) is 16. The predicted molar refractivity (Wildman–Crippen MR) is 161 cm³/mol. The number of carbonyl (C=O) groups is 1. The van der Waals surface area contributed by atoms with Gasteiger partial charge in [-0.2, -0.15) is 0 Å². The molecular formula is C33H61NO3. The Morgan fingerprint density at radius 1 is 0.622 bits per heavy atom. The van der Waals surface area contributed by atoms with Crippen molar-refractivity contribution < 1.29 is 15.0 Å².